The molecule has 2 aromatic rings. The van der Waals surface area contributed by atoms with Crippen LogP contribution >= 0.6 is 0 Å². The molecule has 2 nitrogen and oxygen atoms in total. The van der Waals surface area contributed by atoms with Gasteiger partial charge in [0, 0.05) is 0 Å². The molecule has 0 bridgehead atoms. The van der Waals surface area contributed by atoms with E-state index in [0.717, 1.165) is 18.2 Å². The molecule has 0 atom stereocenters. The van der Waals surface area contributed by atoms with Crippen molar-refractivity contribution in [1.29, 1.82) is 0 Å². The van der Waals surface area contributed by atoms with E-state index in [1.807, 2.05) is 0 Å². The Hall–Kier alpha value is -2.52. The summed E-state index contributed by atoms with van der Waals surface area (Å²) in [5, 5.41) is 0. The van der Waals surface area contributed by atoms with Crippen molar-refractivity contribution in [1.82, 2.24) is 0 Å². The molecule has 0 amide bonds. The van der Waals surface area contributed by atoms with E-state index in [0.29, 0.717) is 24.3 Å². The smallest absolute Gasteiger partial charge is 0.435 e. The summed E-state index contributed by atoms with van der Waals surface area (Å²) >= 11 is 0. The van der Waals surface area contributed by atoms with Crippen LogP contribution in [0.4, 0.5) is 35.1 Å². The summed E-state index contributed by atoms with van der Waals surface area (Å²) in [5.41, 5.74) is -2.16. The Labute approximate surface area is 135 Å². The van der Waals surface area contributed by atoms with Crippen LogP contribution in [0.15, 0.2) is 42.5 Å². The monoisotopic (exact) mass is 372 g/mol. The maximum absolute atomic E-state index is 13.1. The zero-order valence-corrected chi connectivity index (χ0v) is 12.0. The number of hydrogen-bond donors (Lipinski definition) is 0. The molecule has 10 heteroatoms. The zero-order chi connectivity index (χ0) is 18.8. The Kier molecular flexibility index (Phi) is 5.09. The fraction of sp³-hybridized carbons (Fsp3) is 0.200. The predicted octanol–water partition coefficient (Wildman–Crippen LogP) is 5.87. The zero-order valence-electron chi connectivity index (χ0n) is 12.0. The van der Waals surface area contributed by atoms with E-state index in [4.69, 9.17) is 0 Å². The number of benzene rings is 2. The Morgan fingerprint density at radius 1 is 0.800 bits per heavy atom. The van der Waals surface area contributed by atoms with Crippen LogP contribution in [-0.2, 0) is 6.18 Å². The van der Waals surface area contributed by atoms with Crippen molar-refractivity contribution >= 4 is 0 Å². The van der Waals surface area contributed by atoms with Crippen molar-refractivity contribution in [2.24, 2.45) is 0 Å². The fourth-order valence-electron chi connectivity index (χ4n) is 2.05. The first-order chi connectivity index (χ1) is 11.5. The molecule has 0 spiro atoms. The Balaban J connectivity index is 2.53. The van der Waals surface area contributed by atoms with Gasteiger partial charge in [0.05, 0.1) is 5.56 Å². The van der Waals surface area contributed by atoms with Crippen LogP contribution in [0.1, 0.15) is 5.56 Å². The van der Waals surface area contributed by atoms with Crippen molar-refractivity contribution in [2.75, 3.05) is 0 Å². The molecule has 136 valence electrons. The second-order valence-corrected chi connectivity index (χ2v) is 4.66. The molecule has 0 aliphatic carbocycles. The molecule has 0 aromatic heterocycles. The molecule has 0 saturated carbocycles. The second kappa shape index (κ2) is 6.77. The highest BCUT2D eigenvalue weighted by Crippen LogP contribution is 2.40. The lowest BCUT2D eigenvalue weighted by Gasteiger charge is -2.16. The fourth-order valence-corrected chi connectivity index (χ4v) is 2.05. The van der Waals surface area contributed by atoms with Crippen LogP contribution in [0.5, 0.6) is 11.5 Å². The number of hydrogen-bond acceptors (Lipinski definition) is 2. The van der Waals surface area contributed by atoms with Gasteiger partial charge in [0.2, 0.25) is 0 Å². The van der Waals surface area contributed by atoms with E-state index >= 15 is 0 Å². The van der Waals surface area contributed by atoms with Gasteiger partial charge >= 0.3 is 19.2 Å². The van der Waals surface area contributed by atoms with Gasteiger partial charge in [-0.05, 0) is 41.5 Å². The topological polar surface area (TPSA) is 18.5 Å². The maximum atomic E-state index is 13.1. The lowest BCUT2D eigenvalue weighted by atomic mass is 9.98. The van der Waals surface area contributed by atoms with E-state index in [1.165, 1.54) is 0 Å². The third-order valence-electron chi connectivity index (χ3n) is 2.90. The highest BCUT2D eigenvalue weighted by Gasteiger charge is 2.35. The Morgan fingerprint density at radius 2 is 1.48 bits per heavy atom. The van der Waals surface area contributed by atoms with E-state index < -0.39 is 41.8 Å². The minimum absolute atomic E-state index is 0.311. The van der Waals surface area contributed by atoms with Crippen LogP contribution in [0.25, 0.3) is 11.1 Å². The number of alkyl halides is 8. The normalized spacial score (nSPS) is 12.4. The molecule has 0 radical (unpaired) electrons. The maximum Gasteiger partial charge on any atom is 0.573 e. The van der Waals surface area contributed by atoms with Crippen LogP contribution in [0, 0.1) is 0 Å². The van der Waals surface area contributed by atoms with Crippen LogP contribution in [-0.4, -0.2) is 13.0 Å². The third kappa shape index (κ3) is 5.23. The first kappa shape index (κ1) is 18.8. The molecule has 0 aliphatic heterocycles. The molecule has 0 unspecified atom stereocenters. The van der Waals surface area contributed by atoms with Gasteiger partial charge in [-0.3, -0.25) is 0 Å². The van der Waals surface area contributed by atoms with Crippen molar-refractivity contribution in [3.05, 3.63) is 48.0 Å². The molecule has 0 saturated heterocycles. The van der Waals surface area contributed by atoms with Crippen molar-refractivity contribution in [3.8, 4) is 22.6 Å². The van der Waals surface area contributed by atoms with E-state index in [1.54, 1.807) is 0 Å². The molecule has 2 aromatic carbocycles. The average Bonchev–Trinajstić information content (AvgIpc) is 2.43. The lowest BCUT2D eigenvalue weighted by molar-refractivity contribution is -0.274. The molecule has 0 heterocycles. The predicted molar refractivity (Wildman–Crippen MR) is 70.2 cm³/mol. The van der Waals surface area contributed by atoms with Crippen molar-refractivity contribution < 1.29 is 44.6 Å². The Morgan fingerprint density at radius 3 is 2.04 bits per heavy atom. The lowest BCUT2D eigenvalue weighted by Crippen LogP contribution is -2.17. The number of ether oxygens (including phenoxy) is 2. The standard InChI is InChI=1S/C15H8F8O2/c16-13(17)24-9-4-5-12(14(18,19)20)11(7-9)8-2-1-3-10(6-8)25-15(21,22)23/h1-7,13H. The molecular formula is C15H8F8O2. The molecule has 0 N–H and O–H groups in total. The van der Waals surface area contributed by atoms with Gasteiger partial charge in [0.25, 0.3) is 0 Å². The highest BCUT2D eigenvalue weighted by molar-refractivity contribution is 5.71. The van der Waals surface area contributed by atoms with Gasteiger partial charge in [-0.15, -0.1) is 13.2 Å². The summed E-state index contributed by atoms with van der Waals surface area (Å²) in [4.78, 5) is 0. The van der Waals surface area contributed by atoms with Gasteiger partial charge in [-0.1, -0.05) is 12.1 Å². The molecule has 2 rings (SSSR count). The Bertz CT molecular complexity index is 737. The minimum atomic E-state index is -5.04. The summed E-state index contributed by atoms with van der Waals surface area (Å²) in [7, 11) is 0. The van der Waals surface area contributed by atoms with Crippen LogP contribution < -0.4 is 9.47 Å². The summed E-state index contributed by atoms with van der Waals surface area (Å²) in [6, 6.07) is 5.59. The summed E-state index contributed by atoms with van der Waals surface area (Å²) < 4.78 is 108. The van der Waals surface area contributed by atoms with E-state index in [-0.39, 0.29) is 5.56 Å². The summed E-state index contributed by atoms with van der Waals surface area (Å²) in [5.74, 6) is -1.32. The first-order valence-electron chi connectivity index (χ1n) is 6.48. The van der Waals surface area contributed by atoms with Crippen molar-refractivity contribution in [2.45, 2.75) is 19.2 Å². The summed E-state index contributed by atoms with van der Waals surface area (Å²) in [6.45, 7) is -3.27. The van der Waals surface area contributed by atoms with Gasteiger partial charge < -0.3 is 9.47 Å². The summed E-state index contributed by atoms with van der Waals surface area (Å²) in [6.07, 6.45) is -9.90. The third-order valence-corrected chi connectivity index (χ3v) is 2.90. The van der Waals surface area contributed by atoms with Crippen molar-refractivity contribution in [3.63, 3.8) is 0 Å². The molecule has 0 aliphatic rings. The largest absolute Gasteiger partial charge is 0.573 e. The molecule has 25 heavy (non-hydrogen) atoms. The SMILES string of the molecule is FC(F)Oc1ccc(C(F)(F)F)c(-c2cccc(OC(F)(F)F)c2)c1. The quantitative estimate of drug-likeness (QED) is 0.625. The average molecular weight is 372 g/mol. The van der Waals surface area contributed by atoms with Crippen LogP contribution in [0.3, 0.4) is 0 Å². The van der Waals surface area contributed by atoms with Gasteiger partial charge in [-0.25, -0.2) is 0 Å². The van der Waals surface area contributed by atoms with Gasteiger partial charge in [0.15, 0.2) is 0 Å². The number of halogens is 8. The van der Waals surface area contributed by atoms with E-state index in [2.05, 4.69) is 9.47 Å². The van der Waals surface area contributed by atoms with Gasteiger partial charge in [0.1, 0.15) is 11.5 Å². The second-order valence-electron chi connectivity index (χ2n) is 4.66. The first-order valence-corrected chi connectivity index (χ1v) is 6.48. The highest BCUT2D eigenvalue weighted by atomic mass is 19.4. The molecule has 0 fully saturated rings. The number of rotatable bonds is 4. The van der Waals surface area contributed by atoms with E-state index in [9.17, 15) is 35.1 Å². The van der Waals surface area contributed by atoms with Gasteiger partial charge in [-0.2, -0.15) is 22.0 Å². The minimum Gasteiger partial charge on any atom is -0.435 e. The molecular weight excluding hydrogens is 364 g/mol. The van der Waals surface area contributed by atoms with Crippen LogP contribution in [0.2, 0.25) is 0 Å².